The highest BCUT2D eigenvalue weighted by molar-refractivity contribution is 9.10. The molecular weight excluding hydrogens is 578 g/mol. The van der Waals surface area contributed by atoms with Gasteiger partial charge in [0.2, 0.25) is 10.0 Å². The van der Waals surface area contributed by atoms with Gasteiger partial charge in [-0.05, 0) is 41.5 Å². The van der Waals surface area contributed by atoms with E-state index in [1.807, 2.05) is 11.0 Å². The molecule has 38 heavy (non-hydrogen) atoms. The van der Waals surface area contributed by atoms with Crippen LogP contribution in [0.4, 0.5) is 14.5 Å². The van der Waals surface area contributed by atoms with E-state index in [9.17, 15) is 22.0 Å². The average Bonchev–Trinajstić information content (AvgIpc) is 2.88. The van der Waals surface area contributed by atoms with Crippen molar-refractivity contribution >= 4 is 31.6 Å². The van der Waals surface area contributed by atoms with Gasteiger partial charge in [-0.25, -0.2) is 17.2 Å². The first kappa shape index (κ1) is 26.2. The quantitative estimate of drug-likeness (QED) is 0.323. The number of hydrogen-bond donors (Lipinski definition) is 0. The smallest absolute Gasteiger partial charge is 0.281 e. The van der Waals surface area contributed by atoms with Gasteiger partial charge in [-0.15, -0.1) is 0 Å². The van der Waals surface area contributed by atoms with Crippen molar-refractivity contribution < 1.29 is 17.2 Å². The molecule has 7 nitrogen and oxygen atoms in total. The summed E-state index contributed by atoms with van der Waals surface area (Å²) in [7, 11) is -3.55. The molecule has 4 aromatic rings. The predicted octanol–water partition coefficient (Wildman–Crippen LogP) is 4.59. The van der Waals surface area contributed by atoms with Crippen LogP contribution in [0.1, 0.15) is 5.56 Å². The van der Waals surface area contributed by atoms with E-state index in [0.717, 1.165) is 22.7 Å². The SMILES string of the molecule is O=c1c(-c2cc(F)cc(F)c2)c(N2CCN(S(=O)(=O)Cc3ccccc3)CC2)cnn1-c1cccc(Br)c1. The fraction of sp³-hybridized carbons (Fsp3) is 0.185. The summed E-state index contributed by atoms with van der Waals surface area (Å²) >= 11 is 3.38. The van der Waals surface area contributed by atoms with Crippen LogP contribution in [0, 0.1) is 11.6 Å². The predicted molar refractivity (Wildman–Crippen MR) is 146 cm³/mol. The van der Waals surface area contributed by atoms with Crippen LogP contribution >= 0.6 is 15.9 Å². The van der Waals surface area contributed by atoms with Gasteiger partial charge in [-0.2, -0.15) is 14.1 Å². The van der Waals surface area contributed by atoms with Gasteiger partial charge in [0.1, 0.15) is 11.6 Å². The van der Waals surface area contributed by atoms with E-state index in [2.05, 4.69) is 21.0 Å². The van der Waals surface area contributed by atoms with Crippen molar-refractivity contribution in [3.63, 3.8) is 0 Å². The monoisotopic (exact) mass is 600 g/mol. The van der Waals surface area contributed by atoms with Gasteiger partial charge < -0.3 is 4.90 Å². The van der Waals surface area contributed by atoms with Gasteiger partial charge in [0.25, 0.3) is 5.56 Å². The Balaban J connectivity index is 1.49. The van der Waals surface area contributed by atoms with Gasteiger partial charge in [0.15, 0.2) is 0 Å². The van der Waals surface area contributed by atoms with E-state index in [1.54, 1.807) is 48.5 Å². The molecule has 2 heterocycles. The zero-order chi connectivity index (χ0) is 26.9. The van der Waals surface area contributed by atoms with E-state index < -0.39 is 27.2 Å². The van der Waals surface area contributed by atoms with Crippen molar-refractivity contribution in [3.8, 4) is 16.8 Å². The number of piperazine rings is 1. The van der Waals surface area contributed by atoms with E-state index in [1.165, 1.54) is 15.2 Å². The first-order valence-electron chi connectivity index (χ1n) is 11.8. The topological polar surface area (TPSA) is 75.5 Å². The Kier molecular flexibility index (Phi) is 7.42. The van der Waals surface area contributed by atoms with Crippen LogP contribution < -0.4 is 10.5 Å². The lowest BCUT2D eigenvalue weighted by molar-refractivity contribution is 0.384. The summed E-state index contributed by atoms with van der Waals surface area (Å²) < 4.78 is 57.7. The molecule has 5 rings (SSSR count). The minimum Gasteiger partial charge on any atom is -0.367 e. The second-order valence-corrected chi connectivity index (χ2v) is 11.8. The lowest BCUT2D eigenvalue weighted by Crippen LogP contribution is -2.49. The third-order valence-electron chi connectivity index (χ3n) is 6.33. The van der Waals surface area contributed by atoms with E-state index >= 15 is 0 Å². The number of nitrogens with zero attached hydrogens (tertiary/aromatic N) is 4. The summed E-state index contributed by atoms with van der Waals surface area (Å²) in [5.74, 6) is -1.73. The Morgan fingerprint density at radius 3 is 2.21 bits per heavy atom. The van der Waals surface area contributed by atoms with Gasteiger partial charge >= 0.3 is 0 Å². The molecular formula is C27H23BrF2N4O3S. The highest BCUT2D eigenvalue weighted by Crippen LogP contribution is 2.30. The van der Waals surface area contributed by atoms with Crippen LogP contribution in [0.15, 0.2) is 88.3 Å². The molecule has 0 unspecified atom stereocenters. The Hall–Kier alpha value is -3.41. The third kappa shape index (κ3) is 5.54. The fourth-order valence-corrected chi connectivity index (χ4v) is 6.43. The minimum atomic E-state index is -3.55. The maximum Gasteiger partial charge on any atom is 0.281 e. The Morgan fingerprint density at radius 2 is 1.55 bits per heavy atom. The summed E-state index contributed by atoms with van der Waals surface area (Å²) in [6.45, 7) is 0.948. The van der Waals surface area contributed by atoms with Crippen molar-refractivity contribution in [2.24, 2.45) is 0 Å². The Bertz CT molecular complexity index is 1620. The normalized spacial score (nSPS) is 14.6. The number of benzene rings is 3. The summed E-state index contributed by atoms with van der Waals surface area (Å²) in [4.78, 5) is 15.5. The molecule has 1 aromatic heterocycles. The lowest BCUT2D eigenvalue weighted by Gasteiger charge is -2.36. The van der Waals surface area contributed by atoms with E-state index in [0.29, 0.717) is 16.9 Å². The molecule has 1 aliphatic heterocycles. The summed E-state index contributed by atoms with van der Waals surface area (Å²) in [6, 6.07) is 18.9. The maximum absolute atomic E-state index is 14.2. The molecule has 3 aromatic carbocycles. The first-order chi connectivity index (χ1) is 18.2. The standard InChI is InChI=1S/C27H23BrF2N4O3S/c28-21-7-4-8-24(15-21)34-27(35)26(20-13-22(29)16-23(30)14-20)25(17-31-34)32-9-11-33(12-10-32)38(36,37)18-19-5-2-1-3-6-19/h1-8,13-17H,9-12,18H2. The summed E-state index contributed by atoms with van der Waals surface area (Å²) in [5, 5.41) is 4.34. The number of rotatable bonds is 6. The number of aromatic nitrogens is 2. The molecule has 196 valence electrons. The molecule has 1 fully saturated rings. The molecule has 0 atom stereocenters. The molecule has 0 spiro atoms. The number of sulfonamides is 1. The van der Waals surface area contributed by atoms with Gasteiger partial charge in [-0.1, -0.05) is 52.3 Å². The molecule has 1 saturated heterocycles. The second-order valence-electron chi connectivity index (χ2n) is 8.89. The van der Waals surface area contributed by atoms with Crippen LogP contribution in [0.25, 0.3) is 16.8 Å². The zero-order valence-electron chi connectivity index (χ0n) is 20.1. The van der Waals surface area contributed by atoms with Crippen LogP contribution in [0.3, 0.4) is 0 Å². The molecule has 0 bridgehead atoms. The Morgan fingerprint density at radius 1 is 0.868 bits per heavy atom. The highest BCUT2D eigenvalue weighted by Gasteiger charge is 2.29. The largest absolute Gasteiger partial charge is 0.367 e. The first-order valence-corrected chi connectivity index (χ1v) is 14.2. The Labute approximate surface area is 227 Å². The van der Waals surface area contributed by atoms with Crippen LogP contribution in [-0.4, -0.2) is 48.7 Å². The average molecular weight is 601 g/mol. The zero-order valence-corrected chi connectivity index (χ0v) is 22.5. The second kappa shape index (κ2) is 10.8. The number of halogens is 3. The number of anilines is 1. The molecule has 0 aliphatic carbocycles. The minimum absolute atomic E-state index is 0.0766. The van der Waals surface area contributed by atoms with Crippen molar-refractivity contribution in [3.05, 3.63) is 111 Å². The molecule has 0 N–H and O–H groups in total. The summed E-state index contributed by atoms with van der Waals surface area (Å²) in [5.41, 5.74) is 1.17. The van der Waals surface area contributed by atoms with Gasteiger partial charge in [-0.3, -0.25) is 4.79 Å². The third-order valence-corrected chi connectivity index (χ3v) is 8.67. The molecule has 1 aliphatic rings. The van der Waals surface area contributed by atoms with Gasteiger partial charge in [0.05, 0.1) is 28.9 Å². The van der Waals surface area contributed by atoms with Crippen molar-refractivity contribution in [2.45, 2.75) is 5.75 Å². The maximum atomic E-state index is 14.2. The number of hydrogen-bond acceptors (Lipinski definition) is 5. The van der Waals surface area contributed by atoms with Crippen LogP contribution in [0.5, 0.6) is 0 Å². The molecule has 0 radical (unpaired) electrons. The molecule has 11 heteroatoms. The van der Waals surface area contributed by atoms with Crippen LogP contribution in [-0.2, 0) is 15.8 Å². The van der Waals surface area contributed by atoms with Crippen molar-refractivity contribution in [2.75, 3.05) is 31.1 Å². The van der Waals surface area contributed by atoms with E-state index in [-0.39, 0.29) is 43.1 Å². The molecule has 0 saturated carbocycles. The lowest BCUT2D eigenvalue weighted by atomic mass is 10.0. The summed E-state index contributed by atoms with van der Waals surface area (Å²) in [6.07, 6.45) is 1.48. The molecule has 0 amide bonds. The van der Waals surface area contributed by atoms with Crippen molar-refractivity contribution in [1.82, 2.24) is 14.1 Å². The highest BCUT2D eigenvalue weighted by atomic mass is 79.9. The van der Waals surface area contributed by atoms with Crippen LogP contribution in [0.2, 0.25) is 0 Å². The van der Waals surface area contributed by atoms with Gasteiger partial charge in [0, 0.05) is 36.7 Å². The van der Waals surface area contributed by atoms with E-state index in [4.69, 9.17) is 0 Å². The van der Waals surface area contributed by atoms with Crippen molar-refractivity contribution in [1.29, 1.82) is 0 Å². The fourth-order valence-electron chi connectivity index (χ4n) is 4.53.